The first kappa shape index (κ1) is 20.7. The lowest BCUT2D eigenvalue weighted by atomic mass is 9.73. The Morgan fingerprint density at radius 2 is 1.78 bits per heavy atom. The Morgan fingerprint density at radius 1 is 1.09 bits per heavy atom. The first-order chi connectivity index (χ1) is 11.0. The molecule has 1 atom stereocenters. The molecule has 1 heterocycles. The number of unbranched alkanes of at least 4 members (excludes halogenated alkanes) is 2. The maximum atomic E-state index is 2.75. The normalized spacial score (nSPS) is 19.5. The van der Waals surface area contributed by atoms with Gasteiger partial charge in [0.25, 0.3) is 0 Å². The van der Waals surface area contributed by atoms with Crippen molar-refractivity contribution in [2.24, 2.45) is 11.3 Å². The molecule has 0 N–H and O–H groups in total. The van der Waals surface area contributed by atoms with Crippen molar-refractivity contribution in [3.8, 4) is 0 Å². The van der Waals surface area contributed by atoms with E-state index in [0.29, 0.717) is 5.41 Å². The molecule has 0 aromatic heterocycles. The molecule has 0 aliphatic carbocycles. The molecule has 0 bridgehead atoms. The van der Waals surface area contributed by atoms with E-state index >= 15 is 0 Å². The highest BCUT2D eigenvalue weighted by Crippen LogP contribution is 2.38. The van der Waals surface area contributed by atoms with E-state index in [1.165, 1.54) is 83.8 Å². The van der Waals surface area contributed by atoms with Crippen LogP contribution in [0.2, 0.25) is 0 Å². The van der Waals surface area contributed by atoms with Crippen molar-refractivity contribution in [3.63, 3.8) is 0 Å². The summed E-state index contributed by atoms with van der Waals surface area (Å²) in [5, 5.41) is 0. The van der Waals surface area contributed by atoms with Gasteiger partial charge in [0.15, 0.2) is 0 Å². The van der Waals surface area contributed by atoms with Crippen LogP contribution in [0.1, 0.15) is 98.8 Å². The molecular weight excluding hydrogens is 278 g/mol. The molecule has 1 heteroatoms. The van der Waals surface area contributed by atoms with E-state index in [1.54, 1.807) is 5.57 Å². The van der Waals surface area contributed by atoms with Gasteiger partial charge >= 0.3 is 0 Å². The standard InChI is InChI=1S/C22H43N/c1-6-8-9-12-21(5)13-15-22(14-7-2,18-20(3)4)19-23-16-10-11-17-23/h13,20H,6-12,14-19H2,1-5H3. The van der Waals surface area contributed by atoms with Gasteiger partial charge in [-0.25, -0.2) is 0 Å². The monoisotopic (exact) mass is 321 g/mol. The van der Waals surface area contributed by atoms with E-state index in [-0.39, 0.29) is 0 Å². The molecule has 136 valence electrons. The van der Waals surface area contributed by atoms with Crippen LogP contribution >= 0.6 is 0 Å². The van der Waals surface area contributed by atoms with E-state index in [9.17, 15) is 0 Å². The Morgan fingerprint density at radius 3 is 2.35 bits per heavy atom. The van der Waals surface area contributed by atoms with Crippen LogP contribution in [0.4, 0.5) is 0 Å². The lowest BCUT2D eigenvalue weighted by molar-refractivity contribution is 0.130. The summed E-state index contributed by atoms with van der Waals surface area (Å²) in [6, 6.07) is 0. The van der Waals surface area contributed by atoms with Crippen LogP contribution in [-0.2, 0) is 0 Å². The third-order valence-corrected chi connectivity index (χ3v) is 5.44. The molecule has 1 unspecified atom stereocenters. The molecule has 0 radical (unpaired) electrons. The topological polar surface area (TPSA) is 3.24 Å². The molecule has 0 aromatic rings. The smallest absolute Gasteiger partial charge is 0.00410 e. The average Bonchev–Trinajstić information content (AvgIpc) is 2.98. The van der Waals surface area contributed by atoms with Crippen LogP contribution in [-0.4, -0.2) is 24.5 Å². The number of rotatable bonds is 12. The van der Waals surface area contributed by atoms with E-state index < -0.39 is 0 Å². The first-order valence-electron chi connectivity index (χ1n) is 10.4. The maximum absolute atomic E-state index is 2.75. The van der Waals surface area contributed by atoms with Crippen molar-refractivity contribution in [2.75, 3.05) is 19.6 Å². The van der Waals surface area contributed by atoms with Crippen LogP contribution in [0, 0.1) is 11.3 Å². The van der Waals surface area contributed by atoms with Gasteiger partial charge in [-0.3, -0.25) is 0 Å². The highest BCUT2D eigenvalue weighted by Gasteiger charge is 2.32. The second-order valence-electron chi connectivity index (χ2n) is 8.54. The zero-order valence-corrected chi connectivity index (χ0v) is 16.8. The van der Waals surface area contributed by atoms with Gasteiger partial charge in [-0.15, -0.1) is 0 Å². The van der Waals surface area contributed by atoms with Gasteiger partial charge in [-0.05, 0) is 76.3 Å². The van der Waals surface area contributed by atoms with Crippen LogP contribution in [0.3, 0.4) is 0 Å². The minimum atomic E-state index is 0.513. The lowest BCUT2D eigenvalue weighted by Crippen LogP contribution is -2.37. The van der Waals surface area contributed by atoms with Crippen molar-refractivity contribution in [1.29, 1.82) is 0 Å². The molecule has 1 aliphatic heterocycles. The van der Waals surface area contributed by atoms with Crippen molar-refractivity contribution < 1.29 is 0 Å². The highest BCUT2D eigenvalue weighted by atomic mass is 15.1. The minimum absolute atomic E-state index is 0.513. The summed E-state index contributed by atoms with van der Waals surface area (Å²) in [6.45, 7) is 15.8. The summed E-state index contributed by atoms with van der Waals surface area (Å²) in [5.41, 5.74) is 2.14. The quantitative estimate of drug-likeness (QED) is 0.281. The van der Waals surface area contributed by atoms with Crippen LogP contribution < -0.4 is 0 Å². The van der Waals surface area contributed by atoms with Gasteiger partial charge in [0.05, 0.1) is 0 Å². The van der Waals surface area contributed by atoms with Gasteiger partial charge < -0.3 is 4.90 Å². The second kappa shape index (κ2) is 11.3. The molecule has 0 amide bonds. The van der Waals surface area contributed by atoms with Gasteiger partial charge in [-0.1, -0.05) is 58.6 Å². The predicted octanol–water partition coefficient (Wildman–Crippen LogP) is 6.83. The maximum Gasteiger partial charge on any atom is 0.00410 e. The van der Waals surface area contributed by atoms with Crippen molar-refractivity contribution in [2.45, 2.75) is 98.8 Å². The van der Waals surface area contributed by atoms with Crippen LogP contribution in [0.25, 0.3) is 0 Å². The largest absolute Gasteiger partial charge is 0.303 e. The average molecular weight is 322 g/mol. The molecule has 0 aromatic carbocycles. The van der Waals surface area contributed by atoms with E-state index in [1.807, 2.05) is 0 Å². The van der Waals surface area contributed by atoms with Crippen molar-refractivity contribution in [1.82, 2.24) is 4.90 Å². The fourth-order valence-electron chi connectivity index (χ4n) is 4.45. The zero-order valence-electron chi connectivity index (χ0n) is 16.8. The molecule has 1 aliphatic rings. The predicted molar refractivity (Wildman–Crippen MR) is 105 cm³/mol. The minimum Gasteiger partial charge on any atom is -0.303 e. The molecule has 1 rings (SSSR count). The Hall–Kier alpha value is -0.300. The fourth-order valence-corrected chi connectivity index (χ4v) is 4.45. The Bertz CT molecular complexity index is 325. The summed E-state index contributed by atoms with van der Waals surface area (Å²) in [5.74, 6) is 0.804. The van der Waals surface area contributed by atoms with E-state index in [2.05, 4.69) is 45.6 Å². The Balaban J connectivity index is 2.71. The molecule has 1 saturated heterocycles. The number of hydrogen-bond acceptors (Lipinski definition) is 1. The van der Waals surface area contributed by atoms with Gasteiger partial charge in [0.1, 0.15) is 0 Å². The molecule has 1 fully saturated rings. The fraction of sp³-hybridized carbons (Fsp3) is 0.909. The van der Waals surface area contributed by atoms with Gasteiger partial charge in [-0.2, -0.15) is 0 Å². The van der Waals surface area contributed by atoms with Crippen LogP contribution in [0.15, 0.2) is 11.6 Å². The third-order valence-electron chi connectivity index (χ3n) is 5.44. The Kier molecular flexibility index (Phi) is 10.2. The second-order valence-corrected chi connectivity index (χ2v) is 8.54. The van der Waals surface area contributed by atoms with Crippen LogP contribution in [0.5, 0.6) is 0 Å². The summed E-state index contributed by atoms with van der Waals surface area (Å²) in [4.78, 5) is 2.75. The molecule has 23 heavy (non-hydrogen) atoms. The van der Waals surface area contributed by atoms with Gasteiger partial charge in [0.2, 0.25) is 0 Å². The summed E-state index contributed by atoms with van der Waals surface area (Å²) in [6.07, 6.45) is 16.2. The number of nitrogens with zero attached hydrogens (tertiary/aromatic N) is 1. The molecule has 0 spiro atoms. The number of likely N-dealkylation sites (tertiary alicyclic amines) is 1. The van der Waals surface area contributed by atoms with Crippen molar-refractivity contribution >= 4 is 0 Å². The molecular formula is C22H43N. The van der Waals surface area contributed by atoms with E-state index in [0.717, 1.165) is 5.92 Å². The molecule has 0 saturated carbocycles. The number of allylic oxidation sites excluding steroid dienone is 2. The third kappa shape index (κ3) is 8.38. The van der Waals surface area contributed by atoms with Crippen molar-refractivity contribution in [3.05, 3.63) is 11.6 Å². The summed E-state index contributed by atoms with van der Waals surface area (Å²) < 4.78 is 0. The first-order valence-corrected chi connectivity index (χ1v) is 10.4. The van der Waals surface area contributed by atoms with E-state index in [4.69, 9.17) is 0 Å². The summed E-state index contributed by atoms with van der Waals surface area (Å²) in [7, 11) is 0. The Labute approximate surface area is 146 Å². The number of hydrogen-bond donors (Lipinski definition) is 0. The SMILES string of the molecule is CCCCCC(C)=CCC(CCC)(CC(C)C)CN1CCCC1. The lowest BCUT2D eigenvalue weighted by Gasteiger charge is -2.38. The zero-order chi connectivity index (χ0) is 17.1. The molecule has 1 nitrogen and oxygen atoms in total. The van der Waals surface area contributed by atoms with Gasteiger partial charge in [0, 0.05) is 6.54 Å². The summed E-state index contributed by atoms with van der Waals surface area (Å²) >= 11 is 0. The highest BCUT2D eigenvalue weighted by molar-refractivity contribution is 5.02.